The van der Waals surface area contributed by atoms with Gasteiger partial charge < -0.3 is 10.2 Å². The first kappa shape index (κ1) is 29.4. The van der Waals surface area contributed by atoms with E-state index in [0.29, 0.717) is 33.8 Å². The number of hydrogen-bond donors (Lipinski definition) is 1. The summed E-state index contributed by atoms with van der Waals surface area (Å²) < 4.78 is 0. The lowest BCUT2D eigenvalue weighted by Gasteiger charge is -2.31. The summed E-state index contributed by atoms with van der Waals surface area (Å²) in [6, 6.07) is 22.0. The molecule has 0 aliphatic rings. The first-order chi connectivity index (χ1) is 17.9. The van der Waals surface area contributed by atoms with E-state index < -0.39 is 6.04 Å². The number of benzene rings is 3. The molecule has 3 aromatic carbocycles. The molecule has 0 fully saturated rings. The van der Waals surface area contributed by atoms with Crippen molar-refractivity contribution < 1.29 is 9.59 Å². The predicted octanol–water partition coefficient (Wildman–Crippen LogP) is 7.44. The second-order valence-corrected chi connectivity index (χ2v) is 11.0. The largest absolute Gasteiger partial charge is 0.354 e. The molecule has 2 amide bonds. The van der Waals surface area contributed by atoms with Gasteiger partial charge in [0.25, 0.3) is 0 Å². The van der Waals surface area contributed by atoms with Crippen LogP contribution in [0, 0.1) is 0 Å². The quantitative estimate of drug-likeness (QED) is 0.215. The molecule has 0 radical (unpaired) electrons. The summed E-state index contributed by atoms with van der Waals surface area (Å²) in [5.74, 6) is 0.548. The first-order valence-corrected chi connectivity index (χ1v) is 14.5. The number of nitrogens with one attached hydrogen (secondary N) is 1. The normalized spacial score (nSPS) is 11.7. The van der Waals surface area contributed by atoms with Crippen molar-refractivity contribution >= 4 is 58.4 Å². The highest BCUT2D eigenvalue weighted by molar-refractivity contribution is 7.99. The van der Waals surface area contributed by atoms with Gasteiger partial charge in [0.1, 0.15) is 6.04 Å². The Morgan fingerprint density at radius 2 is 1.65 bits per heavy atom. The molecule has 0 bridgehead atoms. The molecule has 0 saturated heterocycles. The van der Waals surface area contributed by atoms with Crippen molar-refractivity contribution in [3.05, 3.63) is 105 Å². The molecular weight excluding hydrogens is 547 g/mol. The van der Waals surface area contributed by atoms with Crippen molar-refractivity contribution in [1.82, 2.24) is 10.2 Å². The standard InChI is InChI=1S/C29H31Cl3N2O2S/c1-2-3-14-33-29(36)27(17-21-8-5-4-6-9-21)34(18-22-10-7-11-24(30)15-22)28(35)20-37-19-23-12-13-25(31)26(32)16-23/h4-13,15-16,27H,2-3,14,17-20H2,1H3,(H,33,36). The summed E-state index contributed by atoms with van der Waals surface area (Å²) in [5.41, 5.74) is 2.84. The highest BCUT2D eigenvalue weighted by atomic mass is 35.5. The molecule has 0 heterocycles. The second-order valence-electron chi connectivity index (χ2n) is 8.74. The van der Waals surface area contributed by atoms with E-state index in [-0.39, 0.29) is 24.1 Å². The highest BCUT2D eigenvalue weighted by Crippen LogP contribution is 2.25. The molecule has 0 spiro atoms. The van der Waals surface area contributed by atoms with Crippen molar-refractivity contribution in [2.24, 2.45) is 0 Å². The van der Waals surface area contributed by atoms with E-state index >= 15 is 0 Å². The number of unbranched alkanes of at least 4 members (excludes halogenated alkanes) is 1. The highest BCUT2D eigenvalue weighted by Gasteiger charge is 2.30. The summed E-state index contributed by atoms with van der Waals surface area (Å²) in [5, 5.41) is 4.61. The Labute approximate surface area is 238 Å². The van der Waals surface area contributed by atoms with Gasteiger partial charge in [-0.2, -0.15) is 0 Å². The Balaban J connectivity index is 1.83. The van der Waals surface area contributed by atoms with Gasteiger partial charge in [0.2, 0.25) is 11.8 Å². The molecule has 0 aliphatic heterocycles. The number of nitrogens with zero attached hydrogens (tertiary/aromatic N) is 1. The fraction of sp³-hybridized carbons (Fsp3) is 0.310. The summed E-state index contributed by atoms with van der Waals surface area (Å²) >= 11 is 19.9. The lowest BCUT2D eigenvalue weighted by atomic mass is 10.0. The summed E-state index contributed by atoms with van der Waals surface area (Å²) in [6.07, 6.45) is 2.27. The van der Waals surface area contributed by atoms with Crippen LogP contribution in [0.25, 0.3) is 0 Å². The van der Waals surface area contributed by atoms with Crippen LogP contribution in [0.3, 0.4) is 0 Å². The van der Waals surface area contributed by atoms with Gasteiger partial charge in [0.15, 0.2) is 0 Å². The van der Waals surface area contributed by atoms with Crippen molar-refractivity contribution in [3.63, 3.8) is 0 Å². The third-order valence-corrected chi connectivity index (χ3v) is 7.78. The van der Waals surface area contributed by atoms with Gasteiger partial charge in [-0.3, -0.25) is 9.59 Å². The maximum atomic E-state index is 13.7. The summed E-state index contributed by atoms with van der Waals surface area (Å²) in [6.45, 7) is 2.94. The van der Waals surface area contributed by atoms with Crippen LogP contribution in [-0.2, 0) is 28.3 Å². The number of hydrogen-bond acceptors (Lipinski definition) is 3. The van der Waals surface area contributed by atoms with Crippen LogP contribution in [0.2, 0.25) is 15.1 Å². The Hall–Kier alpha value is -2.18. The third-order valence-electron chi connectivity index (χ3n) is 5.82. The maximum Gasteiger partial charge on any atom is 0.243 e. The molecule has 1 N–H and O–H groups in total. The topological polar surface area (TPSA) is 49.4 Å². The monoisotopic (exact) mass is 576 g/mol. The first-order valence-electron chi connectivity index (χ1n) is 12.2. The molecule has 0 aliphatic carbocycles. The molecule has 196 valence electrons. The fourth-order valence-electron chi connectivity index (χ4n) is 3.86. The number of amides is 2. The number of halogens is 3. The van der Waals surface area contributed by atoms with Crippen LogP contribution in [0.1, 0.15) is 36.5 Å². The van der Waals surface area contributed by atoms with Crippen LogP contribution in [0.4, 0.5) is 0 Å². The molecular formula is C29H31Cl3N2O2S. The minimum Gasteiger partial charge on any atom is -0.354 e. The lowest BCUT2D eigenvalue weighted by molar-refractivity contribution is -0.139. The lowest BCUT2D eigenvalue weighted by Crippen LogP contribution is -2.51. The van der Waals surface area contributed by atoms with Crippen LogP contribution >= 0.6 is 46.6 Å². The van der Waals surface area contributed by atoms with E-state index in [4.69, 9.17) is 34.8 Å². The van der Waals surface area contributed by atoms with E-state index in [0.717, 1.165) is 29.5 Å². The van der Waals surface area contributed by atoms with Gasteiger partial charge in [0, 0.05) is 30.3 Å². The van der Waals surface area contributed by atoms with Gasteiger partial charge in [-0.15, -0.1) is 11.8 Å². The van der Waals surface area contributed by atoms with E-state index in [1.54, 1.807) is 17.0 Å². The molecule has 1 atom stereocenters. The van der Waals surface area contributed by atoms with Crippen molar-refractivity contribution in [2.75, 3.05) is 12.3 Å². The van der Waals surface area contributed by atoms with Crippen LogP contribution in [-0.4, -0.2) is 35.1 Å². The summed E-state index contributed by atoms with van der Waals surface area (Å²) in [7, 11) is 0. The zero-order valence-corrected chi connectivity index (χ0v) is 23.8. The molecule has 4 nitrogen and oxygen atoms in total. The Morgan fingerprint density at radius 1 is 0.892 bits per heavy atom. The number of carbonyl (C=O) groups excluding carboxylic acids is 2. The number of rotatable bonds is 13. The van der Waals surface area contributed by atoms with Crippen LogP contribution < -0.4 is 5.32 Å². The molecule has 8 heteroatoms. The fourth-order valence-corrected chi connectivity index (χ4v) is 5.25. The average Bonchev–Trinajstić information content (AvgIpc) is 2.89. The molecule has 1 unspecified atom stereocenters. The predicted molar refractivity (Wildman–Crippen MR) is 156 cm³/mol. The van der Waals surface area contributed by atoms with Crippen LogP contribution in [0.15, 0.2) is 72.8 Å². The number of thioether (sulfide) groups is 1. The molecule has 0 aromatic heterocycles. The Bertz CT molecular complexity index is 1180. The van der Waals surface area contributed by atoms with E-state index in [1.165, 1.54) is 11.8 Å². The minimum atomic E-state index is -0.656. The van der Waals surface area contributed by atoms with Gasteiger partial charge in [-0.05, 0) is 47.4 Å². The maximum absolute atomic E-state index is 13.7. The average molecular weight is 578 g/mol. The van der Waals surface area contributed by atoms with E-state index in [1.807, 2.05) is 60.7 Å². The zero-order valence-electron chi connectivity index (χ0n) is 20.8. The van der Waals surface area contributed by atoms with Crippen molar-refractivity contribution in [2.45, 2.75) is 44.5 Å². The third kappa shape index (κ3) is 9.57. The SMILES string of the molecule is CCCCNC(=O)C(Cc1ccccc1)N(Cc1cccc(Cl)c1)C(=O)CSCc1ccc(Cl)c(Cl)c1. The molecule has 0 saturated carbocycles. The van der Waals surface area contributed by atoms with Gasteiger partial charge >= 0.3 is 0 Å². The van der Waals surface area contributed by atoms with Crippen LogP contribution in [0.5, 0.6) is 0 Å². The van der Waals surface area contributed by atoms with Gasteiger partial charge in [0.05, 0.1) is 15.8 Å². The summed E-state index contributed by atoms with van der Waals surface area (Å²) in [4.78, 5) is 28.8. The molecule has 3 aromatic rings. The Morgan fingerprint density at radius 3 is 2.35 bits per heavy atom. The smallest absolute Gasteiger partial charge is 0.243 e. The molecule has 37 heavy (non-hydrogen) atoms. The van der Waals surface area contributed by atoms with E-state index in [2.05, 4.69) is 12.2 Å². The van der Waals surface area contributed by atoms with Gasteiger partial charge in [-0.1, -0.05) is 96.7 Å². The molecule has 3 rings (SSSR count). The second kappa shape index (κ2) is 15.3. The van der Waals surface area contributed by atoms with E-state index in [9.17, 15) is 9.59 Å². The minimum absolute atomic E-state index is 0.114. The van der Waals surface area contributed by atoms with Gasteiger partial charge in [-0.25, -0.2) is 0 Å². The zero-order chi connectivity index (χ0) is 26.6. The Kier molecular flexibility index (Phi) is 12.1. The van der Waals surface area contributed by atoms with Crippen molar-refractivity contribution in [3.8, 4) is 0 Å². The number of carbonyl (C=O) groups is 2. The van der Waals surface area contributed by atoms with Crippen molar-refractivity contribution in [1.29, 1.82) is 0 Å².